The van der Waals surface area contributed by atoms with E-state index in [1.54, 1.807) is 23.6 Å². The normalized spacial score (nSPS) is 17.6. The lowest BCUT2D eigenvalue weighted by atomic mass is 10.1. The maximum atomic E-state index is 13.1. The Morgan fingerprint density at radius 1 is 1.43 bits per heavy atom. The summed E-state index contributed by atoms with van der Waals surface area (Å²) in [7, 11) is 0. The van der Waals surface area contributed by atoms with E-state index < -0.39 is 6.04 Å². The Morgan fingerprint density at radius 3 is 2.93 bits per heavy atom. The van der Waals surface area contributed by atoms with Crippen molar-refractivity contribution in [3.8, 4) is 0 Å². The van der Waals surface area contributed by atoms with E-state index in [0.717, 1.165) is 16.8 Å². The van der Waals surface area contributed by atoms with Crippen molar-refractivity contribution >= 4 is 11.8 Å². The van der Waals surface area contributed by atoms with Crippen molar-refractivity contribution in [2.75, 3.05) is 13.1 Å². The fourth-order valence-corrected chi connectivity index (χ4v) is 3.48. The molecule has 0 radical (unpaired) electrons. The molecule has 3 heterocycles. The van der Waals surface area contributed by atoms with Gasteiger partial charge >= 0.3 is 0 Å². The number of rotatable bonds is 7. The van der Waals surface area contributed by atoms with E-state index in [9.17, 15) is 9.59 Å². The lowest BCUT2D eigenvalue weighted by Gasteiger charge is -2.36. The van der Waals surface area contributed by atoms with Crippen molar-refractivity contribution in [1.82, 2.24) is 20.1 Å². The number of aryl methyl sites for hydroxylation is 1. The summed E-state index contributed by atoms with van der Waals surface area (Å²) in [6.45, 7) is 8.29. The molecule has 2 amide bonds. The van der Waals surface area contributed by atoms with Crippen LogP contribution in [0.5, 0.6) is 0 Å². The number of hydrogen-bond acceptors (Lipinski definition) is 5. The van der Waals surface area contributed by atoms with Crippen LogP contribution in [0.4, 0.5) is 0 Å². The van der Waals surface area contributed by atoms with Gasteiger partial charge in [-0.15, -0.1) is 0 Å². The molecule has 0 aromatic carbocycles. The van der Waals surface area contributed by atoms with Crippen molar-refractivity contribution in [2.24, 2.45) is 0 Å². The van der Waals surface area contributed by atoms with Crippen LogP contribution >= 0.6 is 0 Å². The topological polar surface area (TPSA) is 78.7 Å². The summed E-state index contributed by atoms with van der Waals surface area (Å²) in [6.07, 6.45) is 5.19. The molecule has 1 aliphatic heterocycles. The maximum absolute atomic E-state index is 13.1. The first kappa shape index (κ1) is 20.1. The zero-order valence-electron chi connectivity index (χ0n) is 16.7. The maximum Gasteiger partial charge on any atom is 0.237 e. The molecule has 2 aromatic rings. The minimum absolute atomic E-state index is 0.0166. The lowest BCUT2D eigenvalue weighted by molar-refractivity contribution is -0.140. The van der Waals surface area contributed by atoms with Crippen LogP contribution in [-0.4, -0.2) is 51.8 Å². The van der Waals surface area contributed by atoms with Crippen LogP contribution in [-0.2, 0) is 22.7 Å². The fourth-order valence-electron chi connectivity index (χ4n) is 3.48. The van der Waals surface area contributed by atoms with Gasteiger partial charge in [-0.1, -0.05) is 6.07 Å². The molecule has 150 valence electrons. The SMILES string of the molecule is Cc1cccnc1CN(C(=O)C[C@H]1C(=O)NCCN1Cc1ccoc1)C(C)C. The lowest BCUT2D eigenvalue weighted by Crippen LogP contribution is -2.56. The van der Waals surface area contributed by atoms with Crippen LogP contribution in [0.3, 0.4) is 0 Å². The van der Waals surface area contributed by atoms with Gasteiger partial charge in [-0.3, -0.25) is 19.5 Å². The summed E-state index contributed by atoms with van der Waals surface area (Å²) in [6, 6.07) is 5.30. The number of nitrogens with zero attached hydrogens (tertiary/aromatic N) is 3. The van der Waals surface area contributed by atoms with Crippen molar-refractivity contribution in [3.63, 3.8) is 0 Å². The number of pyridine rings is 1. The highest BCUT2D eigenvalue weighted by atomic mass is 16.3. The van der Waals surface area contributed by atoms with Gasteiger partial charge in [0.05, 0.1) is 37.2 Å². The molecule has 1 atom stereocenters. The Balaban J connectivity index is 1.73. The number of amides is 2. The molecule has 7 heteroatoms. The summed E-state index contributed by atoms with van der Waals surface area (Å²) in [5.41, 5.74) is 2.93. The van der Waals surface area contributed by atoms with Gasteiger partial charge in [0.1, 0.15) is 0 Å². The Labute approximate surface area is 165 Å². The molecule has 3 rings (SSSR count). The minimum Gasteiger partial charge on any atom is -0.472 e. The summed E-state index contributed by atoms with van der Waals surface area (Å²) in [5, 5.41) is 2.89. The number of piperazine rings is 1. The number of carbonyl (C=O) groups excluding carboxylic acids is 2. The summed E-state index contributed by atoms with van der Waals surface area (Å²) in [5.74, 6) is -0.139. The molecule has 0 saturated carbocycles. The van der Waals surface area contributed by atoms with Gasteiger partial charge in [-0.05, 0) is 38.5 Å². The van der Waals surface area contributed by atoms with Crippen LogP contribution in [0.1, 0.15) is 37.1 Å². The van der Waals surface area contributed by atoms with Crippen LogP contribution in [0.15, 0.2) is 41.3 Å². The van der Waals surface area contributed by atoms with Gasteiger partial charge in [-0.2, -0.15) is 0 Å². The van der Waals surface area contributed by atoms with Crippen LogP contribution in [0.2, 0.25) is 0 Å². The van der Waals surface area contributed by atoms with Gasteiger partial charge < -0.3 is 14.6 Å². The summed E-state index contributed by atoms with van der Waals surface area (Å²) >= 11 is 0. The number of aromatic nitrogens is 1. The van der Waals surface area contributed by atoms with Crippen molar-refractivity contribution in [2.45, 2.75) is 52.4 Å². The van der Waals surface area contributed by atoms with Gasteiger partial charge in [-0.25, -0.2) is 0 Å². The predicted molar refractivity (Wildman–Crippen MR) is 105 cm³/mol. The second-order valence-electron chi connectivity index (χ2n) is 7.50. The van der Waals surface area contributed by atoms with E-state index in [4.69, 9.17) is 4.42 Å². The molecule has 28 heavy (non-hydrogen) atoms. The van der Waals surface area contributed by atoms with E-state index in [1.165, 1.54) is 0 Å². The minimum atomic E-state index is -0.484. The second kappa shape index (κ2) is 9.01. The molecule has 7 nitrogen and oxygen atoms in total. The van der Waals surface area contributed by atoms with Crippen molar-refractivity contribution in [3.05, 3.63) is 53.7 Å². The zero-order chi connectivity index (χ0) is 20.1. The van der Waals surface area contributed by atoms with Crippen LogP contribution in [0.25, 0.3) is 0 Å². The standard InChI is InChI=1S/C21H28N4O3/c1-15(2)25(13-18-16(3)5-4-7-22-18)20(26)11-19-21(27)23-8-9-24(19)12-17-6-10-28-14-17/h4-7,10,14-15,19H,8-9,11-13H2,1-3H3,(H,23,27)/t19-/m0/s1. The monoisotopic (exact) mass is 384 g/mol. The van der Waals surface area contributed by atoms with Crippen molar-refractivity contribution in [1.29, 1.82) is 0 Å². The Bertz CT molecular complexity index is 804. The zero-order valence-corrected chi connectivity index (χ0v) is 16.7. The largest absolute Gasteiger partial charge is 0.472 e. The molecule has 0 bridgehead atoms. The van der Waals surface area contributed by atoms with Crippen LogP contribution in [0, 0.1) is 6.92 Å². The molecule has 1 fully saturated rings. The molecular weight excluding hydrogens is 356 g/mol. The highest BCUT2D eigenvalue weighted by Gasteiger charge is 2.33. The highest BCUT2D eigenvalue weighted by molar-refractivity contribution is 5.89. The quantitative estimate of drug-likeness (QED) is 0.791. The molecule has 2 aromatic heterocycles. The molecule has 0 aliphatic carbocycles. The molecule has 0 spiro atoms. The van der Waals surface area contributed by atoms with E-state index in [1.807, 2.05) is 43.9 Å². The highest BCUT2D eigenvalue weighted by Crippen LogP contribution is 2.18. The number of carbonyl (C=O) groups is 2. The average Bonchev–Trinajstić information content (AvgIpc) is 3.16. The van der Waals surface area contributed by atoms with Gasteiger partial charge in [0.25, 0.3) is 0 Å². The third-order valence-electron chi connectivity index (χ3n) is 5.16. The van der Waals surface area contributed by atoms with Gasteiger partial charge in [0, 0.05) is 37.4 Å². The Kier molecular flexibility index (Phi) is 6.46. The van der Waals surface area contributed by atoms with E-state index >= 15 is 0 Å². The van der Waals surface area contributed by atoms with Crippen LogP contribution < -0.4 is 5.32 Å². The molecule has 0 unspecified atom stereocenters. The number of nitrogens with one attached hydrogen (secondary N) is 1. The van der Waals surface area contributed by atoms with Gasteiger partial charge in [0.2, 0.25) is 11.8 Å². The van der Waals surface area contributed by atoms with Crippen molar-refractivity contribution < 1.29 is 14.0 Å². The molecule has 1 N–H and O–H groups in total. The summed E-state index contributed by atoms with van der Waals surface area (Å²) in [4.78, 5) is 33.9. The first-order valence-corrected chi connectivity index (χ1v) is 9.68. The Hall–Kier alpha value is -2.67. The first-order valence-electron chi connectivity index (χ1n) is 9.68. The average molecular weight is 384 g/mol. The molecular formula is C21H28N4O3. The van der Waals surface area contributed by atoms with E-state index in [0.29, 0.717) is 26.2 Å². The molecule has 1 saturated heterocycles. The third-order valence-corrected chi connectivity index (χ3v) is 5.16. The van der Waals surface area contributed by atoms with E-state index in [-0.39, 0.29) is 24.3 Å². The van der Waals surface area contributed by atoms with Gasteiger partial charge in [0.15, 0.2) is 0 Å². The fraction of sp³-hybridized carbons (Fsp3) is 0.476. The predicted octanol–water partition coefficient (Wildman–Crippen LogP) is 2.11. The second-order valence-corrected chi connectivity index (χ2v) is 7.50. The smallest absolute Gasteiger partial charge is 0.237 e. The Morgan fingerprint density at radius 2 is 2.25 bits per heavy atom. The van der Waals surface area contributed by atoms with E-state index in [2.05, 4.69) is 10.3 Å². The number of furan rings is 1. The summed E-state index contributed by atoms with van der Waals surface area (Å²) < 4.78 is 5.14. The molecule has 1 aliphatic rings. The number of hydrogen-bond donors (Lipinski definition) is 1. The first-order chi connectivity index (χ1) is 13.5. The third kappa shape index (κ3) is 4.78.